The minimum Gasteiger partial charge on any atom is -0.394 e. The van der Waals surface area contributed by atoms with Crippen molar-refractivity contribution in [2.24, 2.45) is 0 Å². The Hall–Kier alpha value is -4.18. The van der Waals surface area contributed by atoms with Gasteiger partial charge in [-0.3, -0.25) is 28.7 Å². The van der Waals surface area contributed by atoms with Crippen molar-refractivity contribution in [2.75, 3.05) is 65.5 Å². The maximum Gasteiger partial charge on any atom is 0.280 e. The van der Waals surface area contributed by atoms with Gasteiger partial charge in [-0.25, -0.2) is 9.97 Å². The SMILES string of the molecule is COC[C@H]1O[C@@H](Nc2nc3c(ncn3[C@H]3C[C@H](O)[C@@H](CO)O3)c(=O)[nH]2)C[C@@H]1OC.COC[C@H]1O[C@@H](Nc2nc3c(ncn3[C@H]3C[C@H](O)[C@@H](CO)O3)c(=O)[nH]2)C[C@@H]1OC. The minimum absolute atomic E-state index is 0.141. The third-order valence-corrected chi connectivity index (χ3v) is 10.5. The van der Waals surface area contributed by atoms with Crippen molar-refractivity contribution < 1.29 is 58.3 Å². The minimum atomic E-state index is -0.808. The summed E-state index contributed by atoms with van der Waals surface area (Å²) in [6, 6.07) is 0. The Morgan fingerprint density at radius 3 is 1.43 bits per heavy atom. The molecule has 0 spiro atoms. The lowest BCUT2D eigenvalue weighted by atomic mass is 10.2. The first-order chi connectivity index (χ1) is 28.1. The number of nitrogens with one attached hydrogen (secondary N) is 4. The molecule has 8 rings (SSSR count). The van der Waals surface area contributed by atoms with Crippen molar-refractivity contribution in [3.8, 4) is 0 Å². The maximum atomic E-state index is 12.4. The van der Waals surface area contributed by atoms with Crippen molar-refractivity contribution in [2.45, 2.75) is 99.4 Å². The van der Waals surface area contributed by atoms with E-state index in [0.29, 0.717) is 37.3 Å². The molecule has 24 nitrogen and oxygen atoms in total. The molecule has 12 atom stereocenters. The normalized spacial score (nSPS) is 32.3. The number of hydrogen-bond donors (Lipinski definition) is 8. The van der Waals surface area contributed by atoms with Crippen LogP contribution in [0.5, 0.6) is 0 Å². The fourth-order valence-corrected chi connectivity index (χ4v) is 7.55. The standard InChI is InChI=1S/2C17H25N5O7/c2*1-26-6-11-9(27-2)4-12(28-11)19-17-20-15-14(16(25)21-17)18-7-22(15)13-3-8(24)10(5-23)29-13/h2*7-13,23-24H,3-6H2,1-2H3,(H2,19,20,21,25)/t2*8-,9-,10+,11+,12+,13+/m00/s1. The average Bonchev–Trinajstić information content (AvgIpc) is 4.06. The van der Waals surface area contributed by atoms with Crippen LogP contribution in [-0.2, 0) is 37.9 Å². The van der Waals surface area contributed by atoms with E-state index in [2.05, 4.69) is 40.5 Å². The molecule has 0 aliphatic carbocycles. The van der Waals surface area contributed by atoms with Gasteiger partial charge in [-0.1, -0.05) is 0 Å². The molecule has 320 valence electrons. The van der Waals surface area contributed by atoms with Gasteiger partial charge in [0.15, 0.2) is 22.3 Å². The van der Waals surface area contributed by atoms with Crippen molar-refractivity contribution in [1.29, 1.82) is 0 Å². The number of ether oxygens (including phenoxy) is 8. The van der Waals surface area contributed by atoms with Gasteiger partial charge in [-0.05, 0) is 0 Å². The summed E-state index contributed by atoms with van der Waals surface area (Å²) in [5, 5.41) is 44.7. The Morgan fingerprint density at radius 1 is 0.672 bits per heavy atom. The quantitative estimate of drug-likeness (QED) is 0.0675. The lowest BCUT2D eigenvalue weighted by Crippen LogP contribution is -2.28. The van der Waals surface area contributed by atoms with Crippen LogP contribution in [-0.4, -0.2) is 176 Å². The van der Waals surface area contributed by atoms with Crippen LogP contribution in [0.1, 0.15) is 38.1 Å². The fourth-order valence-electron chi connectivity index (χ4n) is 7.55. The van der Waals surface area contributed by atoms with Crippen molar-refractivity contribution in [3.63, 3.8) is 0 Å². The number of imidazole rings is 2. The molecule has 4 aliphatic rings. The molecule has 4 saturated heterocycles. The fraction of sp³-hybridized carbons (Fsp3) is 0.706. The average molecular weight is 823 g/mol. The molecule has 4 fully saturated rings. The first-order valence-electron chi connectivity index (χ1n) is 18.8. The summed E-state index contributed by atoms with van der Waals surface area (Å²) in [5.41, 5.74) is 0.0934. The Morgan fingerprint density at radius 2 is 1.09 bits per heavy atom. The molecule has 8 N–H and O–H groups in total. The molecule has 4 aliphatic heterocycles. The molecular weight excluding hydrogens is 772 g/mol. The summed E-state index contributed by atoms with van der Waals surface area (Å²) in [6.45, 7) is 0.181. The number of fused-ring (bicyclic) bond motifs is 2. The second-order valence-corrected chi connectivity index (χ2v) is 14.3. The van der Waals surface area contributed by atoms with Gasteiger partial charge in [0.1, 0.15) is 49.3 Å². The molecule has 58 heavy (non-hydrogen) atoms. The smallest absolute Gasteiger partial charge is 0.280 e. The van der Waals surface area contributed by atoms with Gasteiger partial charge in [0, 0.05) is 54.1 Å². The molecular formula is C34H50N10O14. The van der Waals surface area contributed by atoms with E-state index in [1.807, 2.05) is 0 Å². The number of hydrogen-bond acceptors (Lipinski definition) is 20. The molecule has 0 aromatic carbocycles. The highest BCUT2D eigenvalue weighted by Crippen LogP contribution is 2.32. The lowest BCUT2D eigenvalue weighted by molar-refractivity contribution is -0.0432. The van der Waals surface area contributed by atoms with Crippen LogP contribution in [0.3, 0.4) is 0 Å². The van der Waals surface area contributed by atoms with Crippen LogP contribution >= 0.6 is 0 Å². The van der Waals surface area contributed by atoms with Crippen LogP contribution in [0, 0.1) is 0 Å². The summed E-state index contributed by atoms with van der Waals surface area (Å²) in [7, 11) is 6.40. The van der Waals surface area contributed by atoms with E-state index in [-0.39, 0.29) is 73.4 Å². The number of aromatic nitrogens is 8. The molecule has 0 unspecified atom stereocenters. The first kappa shape index (κ1) is 42.0. The summed E-state index contributed by atoms with van der Waals surface area (Å²) < 4.78 is 47.4. The van der Waals surface area contributed by atoms with E-state index in [9.17, 15) is 30.0 Å². The number of anilines is 2. The van der Waals surface area contributed by atoms with Crippen molar-refractivity contribution in [3.05, 3.63) is 33.4 Å². The number of aromatic amines is 2. The third kappa shape index (κ3) is 8.73. The van der Waals surface area contributed by atoms with Crippen LogP contribution in [0.25, 0.3) is 22.3 Å². The molecule has 4 aromatic rings. The topological polar surface area (TPSA) is 306 Å². The molecule has 0 bridgehead atoms. The number of rotatable bonds is 14. The van der Waals surface area contributed by atoms with E-state index < -0.39 is 60.4 Å². The Balaban J connectivity index is 0.000000177. The van der Waals surface area contributed by atoms with Crippen molar-refractivity contribution >= 4 is 34.2 Å². The van der Waals surface area contributed by atoms with Gasteiger partial charge >= 0.3 is 0 Å². The Labute approximate surface area is 329 Å². The van der Waals surface area contributed by atoms with Gasteiger partial charge in [-0.2, -0.15) is 9.97 Å². The number of aliphatic hydroxyl groups excluding tert-OH is 4. The third-order valence-electron chi connectivity index (χ3n) is 10.5. The number of aliphatic hydroxyl groups is 4. The first-order valence-corrected chi connectivity index (χ1v) is 18.8. The predicted molar refractivity (Wildman–Crippen MR) is 199 cm³/mol. The van der Waals surface area contributed by atoms with Crippen molar-refractivity contribution in [1.82, 2.24) is 39.0 Å². The van der Waals surface area contributed by atoms with Gasteiger partial charge in [0.25, 0.3) is 11.1 Å². The largest absolute Gasteiger partial charge is 0.394 e. The van der Waals surface area contributed by atoms with Gasteiger partial charge in [0.2, 0.25) is 11.9 Å². The zero-order valence-corrected chi connectivity index (χ0v) is 32.3. The second-order valence-electron chi connectivity index (χ2n) is 14.3. The van der Waals surface area contributed by atoms with Crippen LogP contribution in [0.15, 0.2) is 22.2 Å². The molecule has 8 heterocycles. The molecule has 4 aromatic heterocycles. The Kier molecular flexibility index (Phi) is 13.3. The van der Waals surface area contributed by atoms with E-state index in [1.165, 1.54) is 12.7 Å². The summed E-state index contributed by atoms with van der Waals surface area (Å²) in [4.78, 5) is 47.3. The molecule has 0 radical (unpaired) electrons. The summed E-state index contributed by atoms with van der Waals surface area (Å²) >= 11 is 0. The van der Waals surface area contributed by atoms with E-state index in [4.69, 9.17) is 37.9 Å². The van der Waals surface area contributed by atoms with Crippen LogP contribution in [0.2, 0.25) is 0 Å². The van der Waals surface area contributed by atoms with E-state index in [1.54, 1.807) is 37.6 Å². The highest BCUT2D eigenvalue weighted by molar-refractivity contribution is 5.71. The molecule has 0 saturated carbocycles. The summed E-state index contributed by atoms with van der Waals surface area (Å²) in [5.74, 6) is 0.443. The lowest BCUT2D eigenvalue weighted by Gasteiger charge is -2.16. The number of methoxy groups -OCH3 is 4. The predicted octanol–water partition coefficient (Wildman–Crippen LogP) is -2.10. The zero-order chi connectivity index (χ0) is 41.1. The summed E-state index contributed by atoms with van der Waals surface area (Å²) in [6.07, 6.45) is -1.22. The highest BCUT2D eigenvalue weighted by Gasteiger charge is 2.39. The van der Waals surface area contributed by atoms with E-state index >= 15 is 0 Å². The molecule has 24 heteroatoms. The number of nitrogens with zero attached hydrogens (tertiary/aromatic N) is 6. The highest BCUT2D eigenvalue weighted by atomic mass is 16.6. The monoisotopic (exact) mass is 822 g/mol. The number of H-pyrrole nitrogens is 2. The second kappa shape index (κ2) is 18.4. The molecule has 0 amide bonds. The zero-order valence-electron chi connectivity index (χ0n) is 32.3. The Bertz CT molecular complexity index is 1950. The van der Waals surface area contributed by atoms with Gasteiger partial charge in [-0.15, -0.1) is 0 Å². The van der Waals surface area contributed by atoms with Crippen LogP contribution in [0.4, 0.5) is 11.9 Å². The van der Waals surface area contributed by atoms with Gasteiger partial charge < -0.3 is 69.0 Å². The van der Waals surface area contributed by atoms with Crippen LogP contribution < -0.4 is 21.8 Å². The van der Waals surface area contributed by atoms with E-state index in [0.717, 1.165) is 0 Å². The van der Waals surface area contributed by atoms with Gasteiger partial charge in [0.05, 0.1) is 63.5 Å². The maximum absolute atomic E-state index is 12.4.